The number of alkyl halides is 1. The van der Waals surface area contributed by atoms with Crippen LogP contribution in [0.15, 0.2) is 30.6 Å². The molecule has 2 N–H and O–H groups in total. The number of benzene rings is 1. The van der Waals surface area contributed by atoms with Crippen molar-refractivity contribution < 1.29 is 19.0 Å². The van der Waals surface area contributed by atoms with E-state index in [1.54, 1.807) is 24.5 Å². The molecule has 0 unspecified atom stereocenters. The zero-order valence-electron chi connectivity index (χ0n) is 22.1. The van der Waals surface area contributed by atoms with Crippen LogP contribution in [0.25, 0.3) is 22.6 Å². The van der Waals surface area contributed by atoms with Crippen molar-refractivity contribution in [2.45, 2.75) is 81.7 Å². The Morgan fingerprint density at radius 2 is 1.87 bits per heavy atom. The summed E-state index contributed by atoms with van der Waals surface area (Å²) >= 11 is 0. The first-order chi connectivity index (χ1) is 18.8. The fourth-order valence-corrected chi connectivity index (χ4v) is 6.59. The van der Waals surface area contributed by atoms with Crippen molar-refractivity contribution in [3.05, 3.63) is 30.6 Å². The van der Waals surface area contributed by atoms with E-state index < -0.39 is 11.7 Å². The summed E-state index contributed by atoms with van der Waals surface area (Å²) in [6.45, 7) is 5.08. The lowest BCUT2D eigenvalue weighted by Crippen LogP contribution is -2.73. The van der Waals surface area contributed by atoms with Crippen LogP contribution < -0.4 is 19.7 Å². The van der Waals surface area contributed by atoms with Crippen molar-refractivity contribution in [2.24, 2.45) is 0 Å². The molecule has 11 heteroatoms. The average Bonchev–Trinajstić information content (AvgIpc) is 3.77. The van der Waals surface area contributed by atoms with E-state index in [2.05, 4.69) is 42.3 Å². The summed E-state index contributed by atoms with van der Waals surface area (Å²) < 4.78 is 27.0. The number of hydrogen-bond donors (Lipinski definition) is 2. The number of phenolic OH excluding ortho intramolecular Hbond substituents is 1. The molecular weight excluding hydrogens is 501 g/mol. The van der Waals surface area contributed by atoms with E-state index in [1.807, 2.05) is 13.0 Å². The molecule has 3 aromatic rings. The van der Waals surface area contributed by atoms with Crippen LogP contribution in [0.1, 0.15) is 52.4 Å². The van der Waals surface area contributed by atoms with Gasteiger partial charge in [0, 0.05) is 22.7 Å². The number of halogens is 1. The summed E-state index contributed by atoms with van der Waals surface area (Å²) in [5, 5.41) is 23.3. The van der Waals surface area contributed by atoms with Crippen molar-refractivity contribution in [2.75, 3.05) is 18.1 Å². The Hall–Kier alpha value is -3.60. The highest BCUT2D eigenvalue weighted by atomic mass is 19.1. The Labute approximate surface area is 226 Å². The van der Waals surface area contributed by atoms with Crippen LogP contribution in [0.5, 0.6) is 17.5 Å². The van der Waals surface area contributed by atoms with Crippen LogP contribution in [0.4, 0.5) is 10.2 Å². The number of nitrogens with one attached hydrogen (secondary N) is 1. The summed E-state index contributed by atoms with van der Waals surface area (Å²) in [6, 6.07) is 5.10. The third kappa shape index (κ3) is 4.32. The van der Waals surface area contributed by atoms with Crippen LogP contribution in [0.2, 0.25) is 0 Å². The highest BCUT2D eigenvalue weighted by Gasteiger charge is 2.55. The fourth-order valence-electron chi connectivity index (χ4n) is 6.59. The van der Waals surface area contributed by atoms with Crippen molar-refractivity contribution in [1.82, 2.24) is 30.5 Å². The third-order valence-electron chi connectivity index (χ3n) is 8.53. The molecule has 2 bridgehead atoms. The molecule has 1 aliphatic carbocycles. The van der Waals surface area contributed by atoms with Crippen LogP contribution in [-0.4, -0.2) is 72.8 Å². The van der Waals surface area contributed by atoms with Crippen molar-refractivity contribution in [3.63, 3.8) is 0 Å². The van der Waals surface area contributed by atoms with Gasteiger partial charge in [-0.2, -0.15) is 0 Å². The van der Waals surface area contributed by atoms with E-state index in [9.17, 15) is 5.11 Å². The molecule has 204 valence electrons. The zero-order valence-corrected chi connectivity index (χ0v) is 22.1. The van der Waals surface area contributed by atoms with Gasteiger partial charge in [-0.3, -0.25) is 0 Å². The Morgan fingerprint density at radius 1 is 1.05 bits per heavy atom. The Morgan fingerprint density at radius 3 is 2.62 bits per heavy atom. The number of fused-ring (bicyclic) bond motifs is 3. The summed E-state index contributed by atoms with van der Waals surface area (Å²) in [5.41, 5.74) is 1.02. The highest BCUT2D eigenvalue weighted by Crippen LogP contribution is 2.46. The number of aromatic nitrogens is 5. The quantitative estimate of drug-likeness (QED) is 0.501. The summed E-state index contributed by atoms with van der Waals surface area (Å²) in [5.74, 6) is 1.57. The molecule has 10 nitrogen and oxygen atoms in total. The smallest absolute Gasteiger partial charge is 0.278 e. The molecule has 2 aromatic heterocycles. The second-order valence-corrected chi connectivity index (χ2v) is 11.7. The number of piperidine rings is 2. The van der Waals surface area contributed by atoms with Gasteiger partial charge in [0.2, 0.25) is 0 Å². The molecule has 3 aliphatic heterocycles. The van der Waals surface area contributed by atoms with Gasteiger partial charge in [0.25, 0.3) is 11.8 Å². The van der Waals surface area contributed by atoms with Crippen LogP contribution in [0, 0.1) is 0 Å². The number of aromatic hydroxyl groups is 1. The number of phenols is 1. The zero-order chi connectivity index (χ0) is 26.8. The molecule has 4 atom stereocenters. The Balaban J connectivity index is 1.15. The monoisotopic (exact) mass is 533 g/mol. The maximum Gasteiger partial charge on any atom is 0.278 e. The van der Waals surface area contributed by atoms with Gasteiger partial charge < -0.3 is 24.8 Å². The third-order valence-corrected chi connectivity index (χ3v) is 8.53. The van der Waals surface area contributed by atoms with E-state index in [-0.39, 0.29) is 23.4 Å². The van der Waals surface area contributed by atoms with Crippen LogP contribution in [-0.2, 0) is 0 Å². The lowest BCUT2D eigenvalue weighted by atomic mass is 9.68. The van der Waals surface area contributed by atoms with E-state index in [0.717, 1.165) is 32.1 Å². The summed E-state index contributed by atoms with van der Waals surface area (Å²) in [6.07, 6.45) is 7.87. The van der Waals surface area contributed by atoms with Gasteiger partial charge in [-0.15, -0.1) is 10.2 Å². The minimum atomic E-state index is -1.02. The van der Waals surface area contributed by atoms with Gasteiger partial charge in [-0.05, 0) is 64.5 Å². The highest BCUT2D eigenvalue weighted by molar-refractivity contribution is 5.71. The van der Waals surface area contributed by atoms with Gasteiger partial charge >= 0.3 is 0 Å². The summed E-state index contributed by atoms with van der Waals surface area (Å²) in [4.78, 5) is 15.4. The maximum atomic E-state index is 16.0. The minimum Gasteiger partial charge on any atom is -0.507 e. The van der Waals surface area contributed by atoms with E-state index in [4.69, 9.17) is 9.47 Å². The molecule has 2 saturated heterocycles. The molecule has 4 aliphatic rings. The lowest BCUT2D eigenvalue weighted by Gasteiger charge is -2.57. The maximum absolute atomic E-state index is 16.0. The molecule has 1 saturated carbocycles. The second-order valence-electron chi connectivity index (χ2n) is 11.7. The molecule has 1 aromatic carbocycles. The molecule has 39 heavy (non-hydrogen) atoms. The number of rotatable bonds is 5. The standard InChI is InChI=1S/C28H32FN7O3/c1-27-8-3-9-28(2,35-27)23(29)20(13-27)36(17-5-6-17)22-15-30-24(34-33-22)18-7-4-16(12-21(18)37)19-14-31-25-26(32-19)39-11-10-38-25/h4,7,12,14-15,17,20,23,35,37H,3,5-6,8-11,13H2,1-2H3/t20-,23-,27-,28+/m1/s1. The van der Waals surface area contributed by atoms with Crippen molar-refractivity contribution in [3.8, 4) is 40.2 Å². The van der Waals surface area contributed by atoms with E-state index >= 15 is 4.39 Å². The number of nitrogens with zero attached hydrogens (tertiary/aromatic N) is 6. The summed E-state index contributed by atoms with van der Waals surface area (Å²) in [7, 11) is 0. The van der Waals surface area contributed by atoms with E-state index in [0.29, 0.717) is 59.9 Å². The molecule has 7 rings (SSSR count). The van der Waals surface area contributed by atoms with Crippen molar-refractivity contribution in [1.29, 1.82) is 0 Å². The Kier molecular flexibility index (Phi) is 5.62. The fraction of sp³-hybridized carbons (Fsp3) is 0.536. The van der Waals surface area contributed by atoms with Crippen LogP contribution in [0.3, 0.4) is 0 Å². The van der Waals surface area contributed by atoms with Gasteiger partial charge in [0.05, 0.1) is 29.7 Å². The molecule has 0 amide bonds. The largest absolute Gasteiger partial charge is 0.507 e. The molecule has 0 spiro atoms. The SMILES string of the molecule is C[C@]12CCC[C@](C)(N1)[C@H](F)[C@H](N(c1cnc(-c3ccc(-c4cnc5c(n4)OCCO5)cc3O)nn1)C1CC1)C2. The predicted octanol–water partition coefficient (Wildman–Crippen LogP) is 3.84. The number of anilines is 1. The van der Waals surface area contributed by atoms with E-state index in [1.165, 1.54) is 0 Å². The topological polar surface area (TPSA) is 118 Å². The first kappa shape index (κ1) is 24.4. The minimum absolute atomic E-state index is 0.00589. The van der Waals surface area contributed by atoms with Gasteiger partial charge in [0.15, 0.2) is 11.6 Å². The normalized spacial score (nSPS) is 29.6. The lowest BCUT2D eigenvalue weighted by molar-refractivity contribution is 0.000258. The second kappa shape index (κ2) is 8.97. The molecule has 0 radical (unpaired) electrons. The molecule has 3 fully saturated rings. The number of ether oxygens (including phenoxy) is 2. The Bertz CT molecular complexity index is 1400. The predicted molar refractivity (Wildman–Crippen MR) is 142 cm³/mol. The molecule has 5 heterocycles. The number of hydrogen-bond acceptors (Lipinski definition) is 10. The first-order valence-electron chi connectivity index (χ1n) is 13.7. The molecular formula is C28H32FN7O3. The average molecular weight is 534 g/mol. The van der Waals surface area contributed by atoms with Crippen molar-refractivity contribution >= 4 is 5.82 Å². The van der Waals surface area contributed by atoms with Gasteiger partial charge in [-0.1, -0.05) is 6.07 Å². The van der Waals surface area contributed by atoms with Gasteiger partial charge in [-0.25, -0.2) is 19.3 Å². The van der Waals surface area contributed by atoms with Gasteiger partial charge in [0.1, 0.15) is 25.1 Å². The van der Waals surface area contributed by atoms with Crippen LogP contribution >= 0.6 is 0 Å². The first-order valence-corrected chi connectivity index (χ1v) is 13.7.